The van der Waals surface area contributed by atoms with Gasteiger partial charge in [0.15, 0.2) is 5.65 Å². The largest absolute Gasteiger partial charge is 0.341 e. The smallest absolute Gasteiger partial charge is 0.223 e. The summed E-state index contributed by atoms with van der Waals surface area (Å²) in [6.45, 7) is 1.01. The lowest BCUT2D eigenvalue weighted by molar-refractivity contribution is -0.133. The van der Waals surface area contributed by atoms with Crippen molar-refractivity contribution in [2.24, 2.45) is 17.8 Å². The van der Waals surface area contributed by atoms with Crippen molar-refractivity contribution >= 4 is 17.1 Å². The van der Waals surface area contributed by atoms with Crippen LogP contribution in [0.5, 0.6) is 0 Å². The van der Waals surface area contributed by atoms with Crippen molar-refractivity contribution in [1.82, 2.24) is 19.9 Å². The number of carbonyl (C=O) groups excluding carboxylic acids is 1. The van der Waals surface area contributed by atoms with E-state index in [1.165, 1.54) is 12.8 Å². The molecule has 5 rings (SSSR count). The second-order valence-electron chi connectivity index (χ2n) is 6.73. The molecular formula is C16H18N4O. The Labute approximate surface area is 122 Å². The van der Waals surface area contributed by atoms with E-state index in [-0.39, 0.29) is 0 Å². The first-order valence-corrected chi connectivity index (χ1v) is 7.88. The molecule has 0 unspecified atom stereocenters. The molecule has 0 aromatic carbocycles. The maximum Gasteiger partial charge on any atom is 0.223 e. The molecule has 2 aromatic heterocycles. The molecule has 5 nitrogen and oxygen atoms in total. The van der Waals surface area contributed by atoms with Crippen LogP contribution in [0.1, 0.15) is 25.1 Å². The number of fused-ring (bicyclic) bond motifs is 6. The third-order valence-corrected chi connectivity index (χ3v) is 5.57. The third kappa shape index (κ3) is 1.73. The molecule has 2 bridgehead atoms. The summed E-state index contributed by atoms with van der Waals surface area (Å²) in [6, 6.07) is 4.42. The second kappa shape index (κ2) is 4.06. The summed E-state index contributed by atoms with van der Waals surface area (Å²) in [6.07, 6.45) is 5.60. The van der Waals surface area contributed by atoms with Crippen molar-refractivity contribution in [1.29, 1.82) is 0 Å². The van der Waals surface area contributed by atoms with Gasteiger partial charge in [-0.05, 0) is 42.7 Å². The van der Waals surface area contributed by atoms with Gasteiger partial charge in [-0.15, -0.1) is 0 Å². The molecule has 108 valence electrons. The number of pyridine rings is 1. The molecule has 3 aliphatic rings. The number of H-pyrrole nitrogens is 1. The van der Waals surface area contributed by atoms with Gasteiger partial charge in [0.1, 0.15) is 5.82 Å². The Balaban J connectivity index is 1.27. The van der Waals surface area contributed by atoms with Crippen LogP contribution in [0, 0.1) is 17.8 Å². The summed E-state index contributed by atoms with van der Waals surface area (Å²) in [7, 11) is 0. The molecule has 3 heterocycles. The van der Waals surface area contributed by atoms with Crippen LogP contribution in [0.2, 0.25) is 0 Å². The van der Waals surface area contributed by atoms with E-state index in [9.17, 15) is 4.79 Å². The van der Waals surface area contributed by atoms with Crippen LogP contribution in [-0.2, 0) is 11.2 Å². The van der Waals surface area contributed by atoms with Crippen LogP contribution < -0.4 is 0 Å². The minimum Gasteiger partial charge on any atom is -0.341 e. The molecule has 2 aromatic rings. The van der Waals surface area contributed by atoms with Gasteiger partial charge >= 0.3 is 0 Å². The molecule has 2 aliphatic carbocycles. The number of aryl methyl sites for hydroxylation is 1. The van der Waals surface area contributed by atoms with E-state index in [1.807, 2.05) is 12.1 Å². The maximum absolute atomic E-state index is 12.5. The molecule has 1 N–H and O–H groups in total. The molecule has 0 spiro atoms. The summed E-state index contributed by atoms with van der Waals surface area (Å²) in [4.78, 5) is 26.5. The number of nitrogens with zero attached hydrogens (tertiary/aromatic N) is 3. The standard InChI is InChI=1S/C16H18N4O/c21-15(20-8-9-6-13(20)11-7-10(9)11)4-3-14-18-12-2-1-5-17-16(12)19-14/h1-2,5,9-11,13H,3-4,6-8H2,(H,17,18,19)/t9-,10-,11-,13-/m0/s1. The van der Waals surface area contributed by atoms with E-state index in [0.29, 0.717) is 24.8 Å². The van der Waals surface area contributed by atoms with Gasteiger partial charge in [0.2, 0.25) is 5.91 Å². The Morgan fingerprint density at radius 3 is 3.14 bits per heavy atom. The fourth-order valence-electron chi connectivity index (χ4n) is 4.51. The summed E-state index contributed by atoms with van der Waals surface area (Å²) in [5.41, 5.74) is 1.68. The Morgan fingerprint density at radius 2 is 2.33 bits per heavy atom. The van der Waals surface area contributed by atoms with Gasteiger partial charge in [-0.1, -0.05) is 0 Å². The molecule has 1 aliphatic heterocycles. The predicted octanol–water partition coefficient (Wildman–Crippen LogP) is 1.76. The lowest BCUT2D eigenvalue weighted by Gasteiger charge is -2.26. The van der Waals surface area contributed by atoms with E-state index in [0.717, 1.165) is 41.3 Å². The van der Waals surface area contributed by atoms with Crippen LogP contribution in [0.3, 0.4) is 0 Å². The highest BCUT2D eigenvalue weighted by Crippen LogP contribution is 2.61. The predicted molar refractivity (Wildman–Crippen MR) is 77.4 cm³/mol. The number of aromatic amines is 1. The molecule has 1 saturated heterocycles. The Morgan fingerprint density at radius 1 is 1.38 bits per heavy atom. The number of carbonyl (C=O) groups is 1. The molecule has 3 fully saturated rings. The van der Waals surface area contributed by atoms with Crippen LogP contribution in [0.25, 0.3) is 11.2 Å². The molecule has 2 saturated carbocycles. The van der Waals surface area contributed by atoms with Crippen molar-refractivity contribution in [2.75, 3.05) is 6.54 Å². The van der Waals surface area contributed by atoms with E-state index in [1.54, 1.807) is 6.20 Å². The van der Waals surface area contributed by atoms with Crippen LogP contribution in [0.15, 0.2) is 18.3 Å². The highest BCUT2D eigenvalue weighted by Gasteiger charge is 2.61. The van der Waals surface area contributed by atoms with Gasteiger partial charge in [0.25, 0.3) is 0 Å². The number of piperidine rings is 1. The summed E-state index contributed by atoms with van der Waals surface area (Å²) < 4.78 is 0. The maximum atomic E-state index is 12.5. The number of rotatable bonds is 3. The van der Waals surface area contributed by atoms with Crippen molar-refractivity contribution in [3.8, 4) is 0 Å². The van der Waals surface area contributed by atoms with Crippen LogP contribution >= 0.6 is 0 Å². The first-order chi connectivity index (χ1) is 10.3. The van der Waals surface area contributed by atoms with Crippen molar-refractivity contribution in [3.63, 3.8) is 0 Å². The summed E-state index contributed by atoms with van der Waals surface area (Å²) in [5, 5.41) is 0. The number of hydrogen-bond donors (Lipinski definition) is 1. The summed E-state index contributed by atoms with van der Waals surface area (Å²) >= 11 is 0. The molecule has 5 heteroatoms. The average Bonchev–Trinajstić information content (AvgIpc) is 2.91. The number of likely N-dealkylation sites (tertiary alicyclic amines) is 1. The van der Waals surface area contributed by atoms with Gasteiger partial charge in [-0.3, -0.25) is 4.79 Å². The molecule has 1 amide bonds. The van der Waals surface area contributed by atoms with Gasteiger partial charge in [0, 0.05) is 31.6 Å². The quantitative estimate of drug-likeness (QED) is 0.933. The topological polar surface area (TPSA) is 61.9 Å². The van der Waals surface area contributed by atoms with Gasteiger partial charge < -0.3 is 9.88 Å². The monoisotopic (exact) mass is 282 g/mol. The molecule has 21 heavy (non-hydrogen) atoms. The molecular weight excluding hydrogens is 264 g/mol. The van der Waals surface area contributed by atoms with Crippen LogP contribution in [-0.4, -0.2) is 38.3 Å². The lowest BCUT2D eigenvalue weighted by Crippen LogP contribution is -2.39. The second-order valence-corrected chi connectivity index (χ2v) is 6.73. The van der Waals surface area contributed by atoms with Crippen molar-refractivity contribution < 1.29 is 4.79 Å². The first-order valence-electron chi connectivity index (χ1n) is 7.88. The highest BCUT2D eigenvalue weighted by atomic mass is 16.2. The van der Waals surface area contributed by atoms with E-state index in [4.69, 9.17) is 0 Å². The van der Waals surface area contributed by atoms with Gasteiger partial charge in [-0.2, -0.15) is 0 Å². The number of hydrogen-bond acceptors (Lipinski definition) is 3. The number of aromatic nitrogens is 3. The third-order valence-electron chi connectivity index (χ3n) is 5.57. The molecule has 0 radical (unpaired) electrons. The fraction of sp³-hybridized carbons (Fsp3) is 0.562. The Bertz CT molecular complexity index is 691. The SMILES string of the molecule is O=C(CCc1nc2ncccc2[nH]1)N1C[C@@H]2C[C@H]1[C@H]1C[C@@H]21. The van der Waals surface area contributed by atoms with E-state index < -0.39 is 0 Å². The van der Waals surface area contributed by atoms with Crippen LogP contribution in [0.4, 0.5) is 0 Å². The van der Waals surface area contributed by atoms with Gasteiger partial charge in [-0.25, -0.2) is 9.97 Å². The first kappa shape index (κ1) is 11.7. The minimum atomic E-state index is 0.307. The number of imidazole rings is 1. The van der Waals surface area contributed by atoms with E-state index in [2.05, 4.69) is 19.9 Å². The van der Waals surface area contributed by atoms with Crippen molar-refractivity contribution in [3.05, 3.63) is 24.2 Å². The summed E-state index contributed by atoms with van der Waals surface area (Å²) in [5.74, 6) is 3.77. The minimum absolute atomic E-state index is 0.307. The zero-order chi connectivity index (χ0) is 14.0. The number of nitrogens with one attached hydrogen (secondary N) is 1. The van der Waals surface area contributed by atoms with Gasteiger partial charge in [0.05, 0.1) is 5.52 Å². The van der Waals surface area contributed by atoms with Crippen molar-refractivity contribution in [2.45, 2.75) is 31.7 Å². The van der Waals surface area contributed by atoms with E-state index >= 15 is 0 Å². The molecule has 4 atom stereocenters. The average molecular weight is 282 g/mol. The normalized spacial score (nSPS) is 32.7. The number of amides is 1. The zero-order valence-corrected chi connectivity index (χ0v) is 11.8. The Kier molecular flexibility index (Phi) is 2.26. The Hall–Kier alpha value is -1.91. The lowest BCUT2D eigenvalue weighted by atomic mass is 10.1. The highest BCUT2D eigenvalue weighted by molar-refractivity contribution is 5.78. The fourth-order valence-corrected chi connectivity index (χ4v) is 4.51. The zero-order valence-electron chi connectivity index (χ0n) is 11.8.